The molecule has 0 saturated heterocycles. The predicted molar refractivity (Wildman–Crippen MR) is 121 cm³/mol. The maximum atomic E-state index is 13.7. The van der Waals surface area contributed by atoms with Gasteiger partial charge in [0.2, 0.25) is 0 Å². The molecule has 0 fully saturated rings. The molecule has 1 aliphatic rings. The van der Waals surface area contributed by atoms with E-state index in [9.17, 15) is 24.0 Å². The minimum atomic E-state index is -0.951. The van der Waals surface area contributed by atoms with Gasteiger partial charge in [-0.25, -0.2) is 0 Å². The van der Waals surface area contributed by atoms with Crippen LogP contribution in [0.15, 0.2) is 30.3 Å². The Kier molecular flexibility index (Phi) is 7.94. The summed E-state index contributed by atoms with van der Waals surface area (Å²) in [5, 5.41) is 26.9. The molecule has 2 aromatic carbocycles. The van der Waals surface area contributed by atoms with E-state index in [0.29, 0.717) is 55.2 Å². The zero-order valence-electron chi connectivity index (χ0n) is 18.6. The first kappa shape index (κ1) is 24.8. The molecule has 34 heavy (non-hydrogen) atoms. The Balaban J connectivity index is 2.05. The SMILES string of the molecule is O=C(O)CCCc1cccc2c1C(=O)c1c(CCCC(=O)O)ccc(CCCC(=O)O)c1C2=O. The molecule has 3 N–H and O–H groups in total. The molecule has 0 bridgehead atoms. The number of carboxylic acids is 3. The molecular weight excluding hydrogens is 440 g/mol. The van der Waals surface area contributed by atoms with Gasteiger partial charge in [0.25, 0.3) is 0 Å². The first-order valence-electron chi connectivity index (χ1n) is 11.2. The fourth-order valence-electron chi connectivity index (χ4n) is 4.44. The number of hydrogen-bond donors (Lipinski definition) is 3. The molecule has 0 atom stereocenters. The Morgan fingerprint density at radius 1 is 0.559 bits per heavy atom. The lowest BCUT2D eigenvalue weighted by Gasteiger charge is -2.25. The number of benzene rings is 2. The summed E-state index contributed by atoms with van der Waals surface area (Å²) in [6.07, 6.45) is 1.68. The second-order valence-electron chi connectivity index (χ2n) is 8.37. The molecule has 0 heterocycles. The molecule has 0 amide bonds. The zero-order valence-corrected chi connectivity index (χ0v) is 18.6. The van der Waals surface area contributed by atoms with Crippen molar-refractivity contribution < 1.29 is 39.3 Å². The van der Waals surface area contributed by atoms with Gasteiger partial charge in [0.1, 0.15) is 0 Å². The predicted octanol–water partition coefficient (Wildman–Crippen LogP) is 3.68. The lowest BCUT2D eigenvalue weighted by atomic mass is 9.76. The third-order valence-corrected chi connectivity index (χ3v) is 5.96. The highest BCUT2D eigenvalue weighted by Crippen LogP contribution is 2.35. The summed E-state index contributed by atoms with van der Waals surface area (Å²) in [5.74, 6) is -3.49. The van der Waals surface area contributed by atoms with Crippen LogP contribution in [-0.4, -0.2) is 44.8 Å². The molecule has 0 aromatic heterocycles. The number of fused-ring (bicyclic) bond motifs is 2. The molecule has 0 radical (unpaired) electrons. The minimum absolute atomic E-state index is 0.0590. The van der Waals surface area contributed by atoms with E-state index in [1.54, 1.807) is 30.3 Å². The monoisotopic (exact) mass is 466 g/mol. The quantitative estimate of drug-likeness (QED) is 0.366. The van der Waals surface area contributed by atoms with Crippen LogP contribution >= 0.6 is 0 Å². The molecule has 0 saturated carbocycles. The average molecular weight is 466 g/mol. The summed E-state index contributed by atoms with van der Waals surface area (Å²) in [5.41, 5.74) is 2.83. The van der Waals surface area contributed by atoms with Crippen LogP contribution in [0.25, 0.3) is 0 Å². The molecule has 3 rings (SSSR count). The van der Waals surface area contributed by atoms with Crippen molar-refractivity contribution in [1.82, 2.24) is 0 Å². The molecule has 0 aliphatic heterocycles. The molecule has 0 unspecified atom stereocenters. The Hall–Kier alpha value is -3.81. The van der Waals surface area contributed by atoms with Crippen molar-refractivity contribution in [2.75, 3.05) is 0 Å². The van der Waals surface area contributed by atoms with Gasteiger partial charge in [-0.05, 0) is 55.2 Å². The second-order valence-corrected chi connectivity index (χ2v) is 8.37. The molecule has 1 aliphatic carbocycles. The van der Waals surface area contributed by atoms with Crippen LogP contribution in [0.3, 0.4) is 0 Å². The van der Waals surface area contributed by atoms with Gasteiger partial charge in [0.15, 0.2) is 11.6 Å². The lowest BCUT2D eigenvalue weighted by Crippen LogP contribution is -2.26. The smallest absolute Gasteiger partial charge is 0.303 e. The van der Waals surface area contributed by atoms with Crippen molar-refractivity contribution in [3.63, 3.8) is 0 Å². The molecule has 2 aromatic rings. The first-order chi connectivity index (χ1) is 16.2. The van der Waals surface area contributed by atoms with Crippen LogP contribution in [0, 0.1) is 0 Å². The highest BCUT2D eigenvalue weighted by atomic mass is 16.4. The van der Waals surface area contributed by atoms with Crippen molar-refractivity contribution >= 4 is 29.5 Å². The second kappa shape index (κ2) is 10.9. The molecule has 8 heteroatoms. The van der Waals surface area contributed by atoms with Gasteiger partial charge in [0, 0.05) is 41.5 Å². The van der Waals surface area contributed by atoms with E-state index in [0.717, 1.165) is 0 Å². The fourth-order valence-corrected chi connectivity index (χ4v) is 4.44. The summed E-state index contributed by atoms with van der Waals surface area (Å²) in [4.78, 5) is 60.2. The average Bonchev–Trinajstić information content (AvgIpc) is 2.77. The minimum Gasteiger partial charge on any atom is -0.481 e. The van der Waals surface area contributed by atoms with Crippen molar-refractivity contribution in [2.45, 2.75) is 57.8 Å². The molecule has 178 valence electrons. The van der Waals surface area contributed by atoms with Crippen molar-refractivity contribution in [1.29, 1.82) is 0 Å². The number of carboxylic acid groups (broad SMARTS) is 3. The topological polar surface area (TPSA) is 146 Å². The van der Waals surface area contributed by atoms with Gasteiger partial charge in [0.05, 0.1) is 0 Å². The Bertz CT molecular complexity index is 1160. The summed E-state index contributed by atoms with van der Waals surface area (Å²) in [6.45, 7) is 0. The van der Waals surface area contributed by atoms with Gasteiger partial charge < -0.3 is 15.3 Å². The summed E-state index contributed by atoms with van der Waals surface area (Å²) >= 11 is 0. The Labute approximate surface area is 196 Å². The standard InChI is InChI=1S/C26H26O8/c27-19(28)10-2-6-15-5-1-9-18-22(15)26(34)24-17(8-4-12-21(31)32)14-13-16(23(24)25(18)33)7-3-11-20(29)30/h1,5,9,13-14H,2-4,6-8,10-12H2,(H,27,28)(H,29,30)(H,31,32). The highest BCUT2D eigenvalue weighted by Gasteiger charge is 2.34. The van der Waals surface area contributed by atoms with Crippen LogP contribution in [0.1, 0.15) is 87.1 Å². The van der Waals surface area contributed by atoms with Crippen molar-refractivity contribution in [3.8, 4) is 0 Å². The number of carbonyl (C=O) groups is 5. The summed E-state index contributed by atoms with van der Waals surface area (Å²) in [6, 6.07) is 8.42. The summed E-state index contributed by atoms with van der Waals surface area (Å²) in [7, 11) is 0. The van der Waals surface area contributed by atoms with Crippen LogP contribution in [0.5, 0.6) is 0 Å². The summed E-state index contributed by atoms with van der Waals surface area (Å²) < 4.78 is 0. The van der Waals surface area contributed by atoms with E-state index < -0.39 is 17.9 Å². The number of rotatable bonds is 12. The largest absolute Gasteiger partial charge is 0.481 e. The number of aryl methyl sites for hydroxylation is 3. The van der Waals surface area contributed by atoms with Crippen LogP contribution in [0.2, 0.25) is 0 Å². The number of ketones is 2. The Morgan fingerprint density at radius 3 is 1.41 bits per heavy atom. The van der Waals surface area contributed by atoms with E-state index in [-0.39, 0.29) is 53.1 Å². The van der Waals surface area contributed by atoms with Crippen LogP contribution in [0.4, 0.5) is 0 Å². The third-order valence-electron chi connectivity index (χ3n) is 5.96. The van der Waals surface area contributed by atoms with E-state index >= 15 is 0 Å². The molecule has 8 nitrogen and oxygen atoms in total. The maximum Gasteiger partial charge on any atom is 0.303 e. The Morgan fingerprint density at radius 2 is 0.971 bits per heavy atom. The van der Waals surface area contributed by atoms with Gasteiger partial charge >= 0.3 is 17.9 Å². The van der Waals surface area contributed by atoms with Gasteiger partial charge in [-0.3, -0.25) is 24.0 Å². The van der Waals surface area contributed by atoms with Crippen molar-refractivity contribution in [2.24, 2.45) is 0 Å². The van der Waals surface area contributed by atoms with Crippen molar-refractivity contribution in [3.05, 3.63) is 69.3 Å². The number of carbonyl (C=O) groups excluding carboxylic acids is 2. The number of hydrogen-bond acceptors (Lipinski definition) is 5. The van der Waals surface area contributed by atoms with E-state index in [1.807, 2.05) is 0 Å². The van der Waals surface area contributed by atoms with Crippen LogP contribution in [-0.2, 0) is 33.6 Å². The van der Waals surface area contributed by atoms with E-state index in [4.69, 9.17) is 15.3 Å². The van der Waals surface area contributed by atoms with Gasteiger partial charge in [-0.1, -0.05) is 30.3 Å². The molecular formula is C26H26O8. The van der Waals surface area contributed by atoms with Gasteiger partial charge in [-0.15, -0.1) is 0 Å². The van der Waals surface area contributed by atoms with Gasteiger partial charge in [-0.2, -0.15) is 0 Å². The first-order valence-corrected chi connectivity index (χ1v) is 11.2. The fraction of sp³-hybridized carbons (Fsp3) is 0.346. The zero-order chi connectivity index (χ0) is 24.8. The van der Waals surface area contributed by atoms with E-state index in [1.165, 1.54) is 0 Å². The van der Waals surface area contributed by atoms with Crippen LogP contribution < -0.4 is 0 Å². The maximum absolute atomic E-state index is 13.7. The third kappa shape index (κ3) is 5.57. The number of aliphatic carboxylic acids is 3. The normalized spacial score (nSPS) is 12.2. The molecule has 0 spiro atoms. The van der Waals surface area contributed by atoms with E-state index in [2.05, 4.69) is 0 Å². The lowest BCUT2D eigenvalue weighted by molar-refractivity contribution is -0.138. The highest BCUT2D eigenvalue weighted by molar-refractivity contribution is 6.29.